The first kappa shape index (κ1) is 17.8. The Hall–Kier alpha value is 0.775. The van der Waals surface area contributed by atoms with Crippen molar-refractivity contribution in [2.75, 3.05) is 0 Å². The Bertz CT molecular complexity index is 144. The SMILES string of the molecule is O=S(=O)(O)O.OOB(O)O.[H-].[Na+]. The maximum absolute atomic E-state index is 8.74. The van der Waals surface area contributed by atoms with E-state index in [1.54, 1.807) is 0 Å². The molecule has 0 saturated heterocycles. The molecule has 0 fully saturated rings. The molecule has 11 heavy (non-hydrogen) atoms. The molecule has 0 unspecified atom stereocenters. The third-order valence-corrected chi connectivity index (χ3v) is 0.0943. The fourth-order valence-corrected chi connectivity index (χ4v) is 0. The van der Waals surface area contributed by atoms with Crippen LogP contribution in [-0.4, -0.2) is 40.1 Å². The van der Waals surface area contributed by atoms with Gasteiger partial charge in [0, 0.05) is 0 Å². The van der Waals surface area contributed by atoms with Gasteiger partial charge in [-0.25, -0.2) is 4.81 Å². The minimum atomic E-state index is -4.67. The molecule has 0 bridgehead atoms. The molecule has 0 aromatic heterocycles. The van der Waals surface area contributed by atoms with Gasteiger partial charge in [-0.1, -0.05) is 0 Å². The van der Waals surface area contributed by atoms with Gasteiger partial charge < -0.3 is 11.5 Å². The maximum atomic E-state index is 8.74. The van der Waals surface area contributed by atoms with E-state index in [9.17, 15) is 0 Å². The molecule has 0 spiro atoms. The Morgan fingerprint density at radius 3 is 1.36 bits per heavy atom. The largest absolute Gasteiger partial charge is 1.00 e. The van der Waals surface area contributed by atoms with E-state index in [1.165, 1.54) is 0 Å². The number of hydrogen-bond donors (Lipinski definition) is 5. The first-order valence-electron chi connectivity index (χ1n) is 1.63. The van der Waals surface area contributed by atoms with Crippen molar-refractivity contribution in [3.8, 4) is 0 Å². The zero-order valence-corrected chi connectivity index (χ0v) is 8.26. The average molecular weight is 200 g/mol. The van der Waals surface area contributed by atoms with Gasteiger partial charge in [-0.05, 0) is 0 Å². The Morgan fingerprint density at radius 2 is 1.36 bits per heavy atom. The smallest absolute Gasteiger partial charge is 1.00 e. The normalized spacial score (nSPS) is 8.82. The summed E-state index contributed by atoms with van der Waals surface area (Å²) < 4.78 is 31.6. The predicted molar refractivity (Wildman–Crippen MR) is 29.2 cm³/mol. The monoisotopic (exact) mass is 200 g/mol. The van der Waals surface area contributed by atoms with Gasteiger partial charge in [0.2, 0.25) is 0 Å². The van der Waals surface area contributed by atoms with Crippen LogP contribution in [0.4, 0.5) is 0 Å². The maximum Gasteiger partial charge on any atom is 1.00 e. The molecule has 5 N–H and O–H groups in total. The van der Waals surface area contributed by atoms with Crippen molar-refractivity contribution in [1.29, 1.82) is 0 Å². The van der Waals surface area contributed by atoms with Gasteiger partial charge in [-0.15, -0.1) is 0 Å². The molecule has 64 valence electrons. The minimum absolute atomic E-state index is 0. The van der Waals surface area contributed by atoms with Crippen LogP contribution in [0.1, 0.15) is 1.43 Å². The Balaban J connectivity index is -0.0000000457. The summed E-state index contributed by atoms with van der Waals surface area (Å²) >= 11 is 0. The second-order valence-corrected chi connectivity index (χ2v) is 1.78. The molecule has 0 rings (SSSR count). The minimum Gasteiger partial charge on any atom is -1.00 e. The molecular weight excluding hydrogens is 194 g/mol. The summed E-state index contributed by atoms with van der Waals surface area (Å²) in [4.78, 5) is 2.86. The summed E-state index contributed by atoms with van der Waals surface area (Å²) in [6.45, 7) is 0. The number of rotatable bonds is 1. The van der Waals surface area contributed by atoms with Crippen molar-refractivity contribution in [3.63, 3.8) is 0 Å². The molecule has 11 heteroatoms. The summed E-state index contributed by atoms with van der Waals surface area (Å²) in [5, 5.41) is 22.0. The average Bonchev–Trinajstić information content (AvgIpc) is 1.61. The topological polar surface area (TPSA) is 145 Å². The van der Waals surface area contributed by atoms with Crippen LogP contribution in [0.5, 0.6) is 0 Å². The second kappa shape index (κ2) is 8.87. The van der Waals surface area contributed by atoms with Crippen LogP contribution in [0.2, 0.25) is 0 Å². The van der Waals surface area contributed by atoms with Crippen LogP contribution in [0.25, 0.3) is 0 Å². The Kier molecular flexibility index (Phi) is 14.3. The summed E-state index contributed by atoms with van der Waals surface area (Å²) in [5.41, 5.74) is 0. The van der Waals surface area contributed by atoms with Crippen molar-refractivity contribution in [1.82, 2.24) is 0 Å². The summed E-state index contributed by atoms with van der Waals surface area (Å²) in [6.07, 6.45) is 0. The first-order chi connectivity index (χ1) is 4.27. The van der Waals surface area contributed by atoms with Crippen molar-refractivity contribution < 1.29 is 68.6 Å². The Labute approximate surface area is 86.3 Å². The van der Waals surface area contributed by atoms with Crippen molar-refractivity contribution in [2.45, 2.75) is 0 Å². The van der Waals surface area contributed by atoms with E-state index in [0.717, 1.165) is 0 Å². The van der Waals surface area contributed by atoms with Gasteiger partial charge >= 0.3 is 47.3 Å². The van der Waals surface area contributed by atoms with E-state index in [-0.39, 0.29) is 31.0 Å². The molecular formula is H6BNaO8S. The van der Waals surface area contributed by atoms with E-state index in [2.05, 4.69) is 4.81 Å². The third-order valence-electron chi connectivity index (χ3n) is 0.0943. The molecule has 0 atom stereocenters. The molecule has 0 aliphatic rings. The third kappa shape index (κ3) is 108. The molecule has 0 amide bonds. The molecule has 0 saturated carbocycles. The summed E-state index contributed by atoms with van der Waals surface area (Å²) in [5.74, 6) is 0. The standard InChI is InChI=1S/BH3O4.Na.H2O4S.H/c2-1(3)5-4;;1-5(2,3)4;/h2-4H;;(H2,1,2,3,4);/q;+1;;-1. The van der Waals surface area contributed by atoms with Crippen molar-refractivity contribution in [3.05, 3.63) is 0 Å². The fraction of sp³-hybridized carbons (Fsp3) is 0. The predicted octanol–water partition coefficient (Wildman–Crippen LogP) is -5.09. The van der Waals surface area contributed by atoms with E-state index >= 15 is 0 Å². The van der Waals surface area contributed by atoms with Gasteiger partial charge in [0.1, 0.15) is 0 Å². The van der Waals surface area contributed by atoms with E-state index in [1.807, 2.05) is 0 Å². The van der Waals surface area contributed by atoms with Crippen LogP contribution >= 0.6 is 0 Å². The summed E-state index contributed by atoms with van der Waals surface area (Å²) in [7, 11) is -6.73. The molecule has 0 aliphatic carbocycles. The molecule has 0 aromatic rings. The summed E-state index contributed by atoms with van der Waals surface area (Å²) in [6, 6.07) is 0. The van der Waals surface area contributed by atoms with Gasteiger partial charge in [0.05, 0.1) is 0 Å². The van der Waals surface area contributed by atoms with Gasteiger partial charge in [-0.2, -0.15) is 8.42 Å². The molecule has 0 aromatic carbocycles. The Morgan fingerprint density at radius 1 is 1.27 bits per heavy atom. The van der Waals surface area contributed by atoms with E-state index < -0.39 is 17.7 Å². The quantitative estimate of drug-likeness (QED) is 0.122. The zero-order valence-electron chi connectivity index (χ0n) is 6.45. The second-order valence-electron chi connectivity index (χ2n) is 0.880. The van der Waals surface area contributed by atoms with Gasteiger partial charge in [-0.3, -0.25) is 14.4 Å². The number of hydrogen-bond acceptors (Lipinski definition) is 6. The van der Waals surface area contributed by atoms with E-state index in [0.29, 0.717) is 0 Å². The van der Waals surface area contributed by atoms with Crippen molar-refractivity contribution >= 4 is 17.7 Å². The molecule has 8 nitrogen and oxygen atoms in total. The molecule has 0 heterocycles. The van der Waals surface area contributed by atoms with Crippen LogP contribution in [0, 0.1) is 0 Å². The fourth-order valence-electron chi connectivity index (χ4n) is 0. The van der Waals surface area contributed by atoms with E-state index in [4.69, 9.17) is 32.8 Å². The van der Waals surface area contributed by atoms with Crippen molar-refractivity contribution in [2.24, 2.45) is 0 Å². The van der Waals surface area contributed by atoms with Crippen LogP contribution in [-0.2, 0) is 15.2 Å². The molecule has 0 radical (unpaired) electrons. The van der Waals surface area contributed by atoms with Gasteiger partial charge in [0.15, 0.2) is 0 Å². The molecule has 0 aliphatic heterocycles. The zero-order chi connectivity index (χ0) is 8.78. The van der Waals surface area contributed by atoms with Crippen LogP contribution < -0.4 is 29.6 Å². The van der Waals surface area contributed by atoms with Crippen LogP contribution in [0.3, 0.4) is 0 Å². The van der Waals surface area contributed by atoms with Gasteiger partial charge in [0.25, 0.3) is 0 Å². The first-order valence-corrected chi connectivity index (χ1v) is 3.03. The van der Waals surface area contributed by atoms with Crippen LogP contribution in [0.15, 0.2) is 0 Å².